The Kier molecular flexibility index (Phi) is 4.93. The number of ether oxygens (including phenoxy) is 1. The molecule has 2 aromatic heterocycles. The highest BCUT2D eigenvalue weighted by molar-refractivity contribution is 5.91. The fourth-order valence-electron chi connectivity index (χ4n) is 2.54. The number of nitrogens with zero attached hydrogens (tertiary/aromatic N) is 1. The average Bonchev–Trinajstić information content (AvgIpc) is 3.23. The van der Waals surface area contributed by atoms with Gasteiger partial charge >= 0.3 is 0 Å². The van der Waals surface area contributed by atoms with Gasteiger partial charge in [0, 0.05) is 30.8 Å². The minimum atomic E-state index is -0.426. The highest BCUT2D eigenvalue weighted by Crippen LogP contribution is 2.23. The standard InChI is InChI=1S/C17H20N4O3/c1-23-7-6-19-16(22)15-10-24-17(21-15)13(18)8-11-9-20-14-5-3-2-4-12(11)14/h2-5,9-10,13,20H,6-8,18H2,1H3,(H,19,22). The highest BCUT2D eigenvalue weighted by atomic mass is 16.5. The maximum absolute atomic E-state index is 11.9. The second-order valence-electron chi connectivity index (χ2n) is 5.49. The fourth-order valence-corrected chi connectivity index (χ4v) is 2.54. The van der Waals surface area contributed by atoms with Gasteiger partial charge in [0.1, 0.15) is 6.26 Å². The zero-order valence-electron chi connectivity index (χ0n) is 13.4. The van der Waals surface area contributed by atoms with E-state index in [-0.39, 0.29) is 11.6 Å². The fraction of sp³-hybridized carbons (Fsp3) is 0.294. The minimum absolute atomic E-state index is 0.218. The van der Waals surface area contributed by atoms with E-state index in [0.29, 0.717) is 25.5 Å². The summed E-state index contributed by atoms with van der Waals surface area (Å²) in [6, 6.07) is 7.59. The first-order valence-corrected chi connectivity index (χ1v) is 7.72. The Morgan fingerprint density at radius 3 is 3.12 bits per heavy atom. The van der Waals surface area contributed by atoms with E-state index in [0.717, 1.165) is 16.5 Å². The summed E-state index contributed by atoms with van der Waals surface area (Å²) >= 11 is 0. The van der Waals surface area contributed by atoms with Crippen LogP contribution in [-0.4, -0.2) is 36.1 Å². The summed E-state index contributed by atoms with van der Waals surface area (Å²) in [7, 11) is 1.57. The molecule has 0 saturated carbocycles. The number of carbonyl (C=O) groups excluding carboxylic acids is 1. The molecule has 1 aromatic carbocycles. The van der Waals surface area contributed by atoms with Gasteiger partial charge in [0.2, 0.25) is 5.89 Å². The summed E-state index contributed by atoms with van der Waals surface area (Å²) in [5.74, 6) is 0.0403. The van der Waals surface area contributed by atoms with Crippen LogP contribution in [0.1, 0.15) is 28.0 Å². The van der Waals surface area contributed by atoms with Gasteiger partial charge in [-0.1, -0.05) is 18.2 Å². The average molecular weight is 328 g/mol. The Balaban J connectivity index is 1.67. The van der Waals surface area contributed by atoms with Crippen molar-refractivity contribution in [3.63, 3.8) is 0 Å². The third-order valence-electron chi connectivity index (χ3n) is 3.78. The molecular weight excluding hydrogens is 308 g/mol. The van der Waals surface area contributed by atoms with Crippen LogP contribution >= 0.6 is 0 Å². The van der Waals surface area contributed by atoms with Crippen LogP contribution in [0.3, 0.4) is 0 Å². The zero-order valence-corrected chi connectivity index (χ0v) is 13.4. The molecule has 1 amide bonds. The molecule has 0 radical (unpaired) electrons. The minimum Gasteiger partial charge on any atom is -0.446 e. The summed E-state index contributed by atoms with van der Waals surface area (Å²) in [5, 5.41) is 3.81. The summed E-state index contributed by atoms with van der Waals surface area (Å²) in [5.41, 5.74) is 8.55. The molecule has 2 heterocycles. The first kappa shape index (κ1) is 16.2. The summed E-state index contributed by atoms with van der Waals surface area (Å²) in [6.07, 6.45) is 3.83. The number of rotatable bonds is 7. The van der Waals surface area contributed by atoms with Crippen molar-refractivity contribution in [2.24, 2.45) is 5.73 Å². The molecule has 1 atom stereocenters. The molecule has 0 bridgehead atoms. The van der Waals surface area contributed by atoms with Crippen LogP contribution in [0.2, 0.25) is 0 Å². The summed E-state index contributed by atoms with van der Waals surface area (Å²) < 4.78 is 10.3. The number of H-pyrrole nitrogens is 1. The van der Waals surface area contributed by atoms with E-state index in [1.165, 1.54) is 6.26 Å². The van der Waals surface area contributed by atoms with Crippen molar-refractivity contribution in [2.75, 3.05) is 20.3 Å². The van der Waals surface area contributed by atoms with Gasteiger partial charge in [-0.3, -0.25) is 4.79 Å². The van der Waals surface area contributed by atoms with Crippen LogP contribution in [0.5, 0.6) is 0 Å². The number of hydrogen-bond acceptors (Lipinski definition) is 5. The van der Waals surface area contributed by atoms with Crippen LogP contribution in [0.25, 0.3) is 10.9 Å². The first-order valence-electron chi connectivity index (χ1n) is 7.72. The van der Waals surface area contributed by atoms with E-state index in [4.69, 9.17) is 14.9 Å². The zero-order chi connectivity index (χ0) is 16.9. The van der Waals surface area contributed by atoms with E-state index in [9.17, 15) is 4.79 Å². The maximum atomic E-state index is 11.9. The number of para-hydroxylation sites is 1. The third-order valence-corrected chi connectivity index (χ3v) is 3.78. The van der Waals surface area contributed by atoms with Gasteiger partial charge in [-0.25, -0.2) is 4.98 Å². The molecule has 3 aromatic rings. The molecule has 1 unspecified atom stereocenters. The maximum Gasteiger partial charge on any atom is 0.273 e. The number of amides is 1. The number of aromatic amines is 1. The van der Waals surface area contributed by atoms with Crippen LogP contribution in [0, 0.1) is 0 Å². The lowest BCUT2D eigenvalue weighted by atomic mass is 10.1. The lowest BCUT2D eigenvalue weighted by Crippen LogP contribution is -2.27. The molecule has 0 aliphatic carbocycles. The number of fused-ring (bicyclic) bond motifs is 1. The molecule has 24 heavy (non-hydrogen) atoms. The quantitative estimate of drug-likeness (QED) is 0.573. The molecule has 0 spiro atoms. The van der Waals surface area contributed by atoms with Gasteiger partial charge in [0.15, 0.2) is 5.69 Å². The van der Waals surface area contributed by atoms with Gasteiger partial charge in [0.05, 0.1) is 12.6 Å². The smallest absolute Gasteiger partial charge is 0.273 e. The molecule has 3 rings (SSSR count). The van der Waals surface area contributed by atoms with Crippen molar-refractivity contribution in [1.29, 1.82) is 0 Å². The molecule has 126 valence electrons. The number of methoxy groups -OCH3 is 1. The SMILES string of the molecule is COCCNC(=O)c1coc(C(N)Cc2c[nH]c3ccccc23)n1. The van der Waals surface area contributed by atoms with E-state index < -0.39 is 6.04 Å². The summed E-state index contributed by atoms with van der Waals surface area (Å²) in [4.78, 5) is 19.3. The number of aromatic nitrogens is 2. The summed E-state index contributed by atoms with van der Waals surface area (Å²) in [6.45, 7) is 0.857. The first-order chi connectivity index (χ1) is 11.7. The lowest BCUT2D eigenvalue weighted by Gasteiger charge is -2.06. The molecule has 7 heteroatoms. The number of carbonyl (C=O) groups is 1. The predicted molar refractivity (Wildman–Crippen MR) is 89.6 cm³/mol. The molecule has 0 aliphatic heterocycles. The van der Waals surface area contributed by atoms with Gasteiger partial charge in [-0.15, -0.1) is 0 Å². The number of oxazole rings is 1. The molecular formula is C17H20N4O3. The number of benzene rings is 1. The normalized spacial score (nSPS) is 12.4. The van der Waals surface area contributed by atoms with Crippen molar-refractivity contribution >= 4 is 16.8 Å². The van der Waals surface area contributed by atoms with E-state index in [1.54, 1.807) is 7.11 Å². The van der Waals surface area contributed by atoms with Gasteiger partial charge in [-0.05, 0) is 18.1 Å². The molecule has 0 fully saturated rings. The topological polar surface area (TPSA) is 106 Å². The Bertz CT molecular complexity index is 824. The Labute approximate surface area is 139 Å². The second-order valence-corrected chi connectivity index (χ2v) is 5.49. The molecule has 7 nitrogen and oxygen atoms in total. The van der Waals surface area contributed by atoms with Crippen LogP contribution in [-0.2, 0) is 11.2 Å². The largest absolute Gasteiger partial charge is 0.446 e. The molecule has 4 N–H and O–H groups in total. The van der Waals surface area contributed by atoms with Crippen molar-refractivity contribution < 1.29 is 13.9 Å². The molecule has 0 aliphatic rings. The lowest BCUT2D eigenvalue weighted by molar-refractivity contribution is 0.0932. The monoisotopic (exact) mass is 328 g/mol. The van der Waals surface area contributed by atoms with E-state index >= 15 is 0 Å². The Hall–Kier alpha value is -2.64. The second kappa shape index (κ2) is 7.29. The van der Waals surface area contributed by atoms with Crippen LogP contribution in [0.4, 0.5) is 0 Å². The van der Waals surface area contributed by atoms with Crippen molar-refractivity contribution in [3.8, 4) is 0 Å². The third kappa shape index (κ3) is 3.47. The Morgan fingerprint density at radius 2 is 2.29 bits per heavy atom. The highest BCUT2D eigenvalue weighted by Gasteiger charge is 2.18. The predicted octanol–water partition coefficient (Wildman–Crippen LogP) is 1.77. The van der Waals surface area contributed by atoms with E-state index in [2.05, 4.69) is 15.3 Å². The van der Waals surface area contributed by atoms with Crippen LogP contribution < -0.4 is 11.1 Å². The van der Waals surface area contributed by atoms with Gasteiger partial charge < -0.3 is 25.2 Å². The van der Waals surface area contributed by atoms with Crippen LogP contribution in [0.15, 0.2) is 41.1 Å². The van der Waals surface area contributed by atoms with Gasteiger partial charge in [0.25, 0.3) is 5.91 Å². The van der Waals surface area contributed by atoms with Crippen molar-refractivity contribution in [2.45, 2.75) is 12.5 Å². The van der Waals surface area contributed by atoms with Crippen molar-refractivity contribution in [3.05, 3.63) is 53.9 Å². The number of nitrogens with one attached hydrogen (secondary N) is 2. The Morgan fingerprint density at radius 1 is 1.46 bits per heavy atom. The van der Waals surface area contributed by atoms with Crippen molar-refractivity contribution in [1.82, 2.24) is 15.3 Å². The number of hydrogen-bond donors (Lipinski definition) is 3. The number of nitrogens with two attached hydrogens (primary N) is 1. The van der Waals surface area contributed by atoms with E-state index in [1.807, 2.05) is 30.5 Å². The molecule has 0 saturated heterocycles. The van der Waals surface area contributed by atoms with Gasteiger partial charge in [-0.2, -0.15) is 0 Å².